The Labute approximate surface area is 208 Å². The van der Waals surface area contributed by atoms with Crippen LogP contribution in [0.5, 0.6) is 5.75 Å². The van der Waals surface area contributed by atoms with Gasteiger partial charge in [-0.05, 0) is 71.6 Å². The molecule has 0 saturated carbocycles. The summed E-state index contributed by atoms with van der Waals surface area (Å²) in [4.78, 5) is 26.1. The number of halogens is 2. The summed E-state index contributed by atoms with van der Waals surface area (Å²) in [6.07, 6.45) is 0.818. The first-order valence-electron chi connectivity index (χ1n) is 9.96. The normalized spacial score (nSPS) is 10.7. The zero-order valence-corrected chi connectivity index (χ0v) is 21.9. The fraction of sp³-hybridized carbons (Fsp3) is 0.250. The monoisotopic (exact) mass is 579 g/mol. The molecule has 0 saturated heterocycles. The molecule has 0 fully saturated rings. The molecule has 1 aromatic heterocycles. The summed E-state index contributed by atoms with van der Waals surface area (Å²) in [7, 11) is 1.34. The summed E-state index contributed by atoms with van der Waals surface area (Å²) in [5.41, 5.74) is 3.18. The highest BCUT2D eigenvalue weighted by Crippen LogP contribution is 2.40. The second-order valence-corrected chi connectivity index (χ2v) is 10.2. The summed E-state index contributed by atoms with van der Waals surface area (Å²) in [5, 5.41) is 3.39. The Morgan fingerprint density at radius 3 is 2.44 bits per heavy atom. The van der Waals surface area contributed by atoms with E-state index in [4.69, 9.17) is 9.47 Å². The van der Waals surface area contributed by atoms with Crippen LogP contribution in [0.2, 0.25) is 0 Å². The number of rotatable bonds is 8. The Balaban J connectivity index is 1.68. The molecule has 1 amide bonds. The average molecular weight is 581 g/mol. The number of hydrogen-bond donors (Lipinski definition) is 1. The third-order valence-electron chi connectivity index (χ3n) is 4.75. The first-order valence-corrected chi connectivity index (χ1v) is 12.4. The molecule has 0 aliphatic rings. The van der Waals surface area contributed by atoms with Crippen molar-refractivity contribution in [2.24, 2.45) is 0 Å². The zero-order valence-electron chi connectivity index (χ0n) is 18.0. The van der Waals surface area contributed by atoms with E-state index in [-0.39, 0.29) is 12.3 Å². The fourth-order valence-corrected chi connectivity index (χ4v) is 5.17. The molecule has 0 unspecified atom stereocenters. The maximum atomic E-state index is 12.6. The standard InChI is InChI=1S/C24H23Br2NO4S/c1-14-6-11-19(18(26)13-14)31-12-4-5-20(28)27-23-22(24(29)30-3)21(15(2)32-23)16-7-9-17(25)10-8-16/h6-11,13H,4-5,12H2,1-3H3,(H,27,28). The molecule has 0 aliphatic carbocycles. The third-order valence-corrected chi connectivity index (χ3v) is 6.92. The van der Waals surface area contributed by atoms with Crippen LogP contribution in [0.4, 0.5) is 5.00 Å². The Kier molecular flexibility index (Phi) is 8.51. The lowest BCUT2D eigenvalue weighted by atomic mass is 10.0. The Morgan fingerprint density at radius 2 is 1.78 bits per heavy atom. The van der Waals surface area contributed by atoms with Crippen molar-refractivity contribution in [2.75, 3.05) is 19.0 Å². The van der Waals surface area contributed by atoms with Crippen molar-refractivity contribution in [3.8, 4) is 16.9 Å². The number of anilines is 1. The van der Waals surface area contributed by atoms with E-state index in [1.165, 1.54) is 18.4 Å². The second-order valence-electron chi connectivity index (χ2n) is 7.17. The number of nitrogens with one attached hydrogen (secondary N) is 1. The van der Waals surface area contributed by atoms with Gasteiger partial charge in [0, 0.05) is 21.3 Å². The minimum Gasteiger partial charge on any atom is -0.492 e. The van der Waals surface area contributed by atoms with Crippen molar-refractivity contribution in [2.45, 2.75) is 26.7 Å². The number of ether oxygens (including phenoxy) is 2. The van der Waals surface area contributed by atoms with Crippen LogP contribution in [0.15, 0.2) is 51.4 Å². The summed E-state index contributed by atoms with van der Waals surface area (Å²) in [5.74, 6) is 0.0949. The highest BCUT2D eigenvalue weighted by Gasteiger charge is 2.25. The summed E-state index contributed by atoms with van der Waals surface area (Å²) in [6.45, 7) is 4.35. The van der Waals surface area contributed by atoms with E-state index in [0.29, 0.717) is 23.6 Å². The lowest BCUT2D eigenvalue weighted by Crippen LogP contribution is -2.15. The third kappa shape index (κ3) is 5.99. The van der Waals surface area contributed by atoms with Gasteiger partial charge in [0.1, 0.15) is 16.3 Å². The topological polar surface area (TPSA) is 64.6 Å². The predicted octanol–water partition coefficient (Wildman–Crippen LogP) is 7.14. The van der Waals surface area contributed by atoms with Crippen molar-refractivity contribution in [3.05, 3.63) is 67.4 Å². The number of esters is 1. The summed E-state index contributed by atoms with van der Waals surface area (Å²) < 4.78 is 12.6. The van der Waals surface area contributed by atoms with Gasteiger partial charge in [-0.25, -0.2) is 4.79 Å². The van der Waals surface area contributed by atoms with Gasteiger partial charge >= 0.3 is 5.97 Å². The van der Waals surface area contributed by atoms with Crippen molar-refractivity contribution in [1.29, 1.82) is 0 Å². The molecule has 3 aromatic rings. The van der Waals surface area contributed by atoms with Crippen LogP contribution >= 0.6 is 43.2 Å². The van der Waals surface area contributed by atoms with E-state index in [1.807, 2.05) is 56.3 Å². The van der Waals surface area contributed by atoms with E-state index in [0.717, 1.165) is 36.3 Å². The van der Waals surface area contributed by atoms with Crippen LogP contribution in [0.1, 0.15) is 33.6 Å². The highest BCUT2D eigenvalue weighted by molar-refractivity contribution is 9.10. The lowest BCUT2D eigenvalue weighted by molar-refractivity contribution is -0.116. The smallest absolute Gasteiger partial charge is 0.341 e. The first kappa shape index (κ1) is 24.5. The number of thiophene rings is 1. The summed E-state index contributed by atoms with van der Waals surface area (Å²) in [6, 6.07) is 13.5. The second kappa shape index (κ2) is 11.1. The fourth-order valence-electron chi connectivity index (χ4n) is 3.22. The van der Waals surface area contributed by atoms with Gasteiger partial charge in [0.2, 0.25) is 5.91 Å². The molecule has 0 radical (unpaired) electrons. The molecule has 1 N–H and O–H groups in total. The van der Waals surface area contributed by atoms with Gasteiger partial charge in [-0.1, -0.05) is 34.1 Å². The zero-order chi connectivity index (χ0) is 23.3. The molecule has 0 bridgehead atoms. The molecular weight excluding hydrogens is 558 g/mol. The largest absolute Gasteiger partial charge is 0.492 e. The molecule has 5 nitrogen and oxygen atoms in total. The number of carbonyl (C=O) groups is 2. The van der Waals surface area contributed by atoms with E-state index < -0.39 is 5.97 Å². The maximum Gasteiger partial charge on any atom is 0.341 e. The van der Waals surface area contributed by atoms with Gasteiger partial charge in [0.05, 0.1) is 18.2 Å². The van der Waals surface area contributed by atoms with Gasteiger partial charge in [-0.15, -0.1) is 11.3 Å². The van der Waals surface area contributed by atoms with Gasteiger partial charge in [0.25, 0.3) is 0 Å². The van der Waals surface area contributed by atoms with E-state index in [2.05, 4.69) is 37.2 Å². The average Bonchev–Trinajstić information content (AvgIpc) is 3.08. The van der Waals surface area contributed by atoms with Crippen LogP contribution in [0.25, 0.3) is 11.1 Å². The molecule has 168 valence electrons. The molecule has 2 aromatic carbocycles. The van der Waals surface area contributed by atoms with Gasteiger partial charge in [-0.2, -0.15) is 0 Å². The Morgan fingerprint density at radius 1 is 1.06 bits per heavy atom. The SMILES string of the molecule is COC(=O)c1c(NC(=O)CCCOc2ccc(C)cc2Br)sc(C)c1-c1ccc(Br)cc1. The predicted molar refractivity (Wildman–Crippen MR) is 136 cm³/mol. The number of hydrogen-bond acceptors (Lipinski definition) is 5. The maximum absolute atomic E-state index is 12.6. The van der Waals surface area contributed by atoms with Crippen LogP contribution in [0, 0.1) is 13.8 Å². The van der Waals surface area contributed by atoms with Gasteiger partial charge in [0.15, 0.2) is 0 Å². The number of amides is 1. The van der Waals surface area contributed by atoms with E-state index in [9.17, 15) is 9.59 Å². The molecular formula is C24H23Br2NO4S. The quantitative estimate of drug-likeness (QED) is 0.227. The van der Waals surface area contributed by atoms with E-state index >= 15 is 0 Å². The van der Waals surface area contributed by atoms with Crippen LogP contribution in [0.3, 0.4) is 0 Å². The highest BCUT2D eigenvalue weighted by atomic mass is 79.9. The van der Waals surface area contributed by atoms with Crippen LogP contribution in [-0.4, -0.2) is 25.6 Å². The Hall–Kier alpha value is -2.16. The van der Waals surface area contributed by atoms with Gasteiger partial charge < -0.3 is 14.8 Å². The number of methoxy groups -OCH3 is 1. The molecule has 0 aliphatic heterocycles. The molecule has 3 rings (SSSR count). The lowest BCUT2D eigenvalue weighted by Gasteiger charge is -2.10. The van der Waals surface area contributed by atoms with Crippen molar-refractivity contribution >= 4 is 60.1 Å². The van der Waals surface area contributed by atoms with Crippen molar-refractivity contribution in [1.82, 2.24) is 0 Å². The Bertz CT molecular complexity index is 1130. The van der Waals surface area contributed by atoms with Crippen LogP contribution in [-0.2, 0) is 9.53 Å². The number of aryl methyl sites for hydroxylation is 2. The molecule has 1 heterocycles. The van der Waals surface area contributed by atoms with Crippen molar-refractivity contribution in [3.63, 3.8) is 0 Å². The van der Waals surface area contributed by atoms with Crippen LogP contribution < -0.4 is 10.1 Å². The van der Waals surface area contributed by atoms with Gasteiger partial charge in [-0.3, -0.25) is 4.79 Å². The number of benzene rings is 2. The minimum absolute atomic E-state index is 0.176. The van der Waals surface area contributed by atoms with E-state index in [1.54, 1.807) is 0 Å². The number of carbonyl (C=O) groups excluding carboxylic acids is 2. The molecule has 8 heteroatoms. The summed E-state index contributed by atoms with van der Waals surface area (Å²) >= 11 is 8.28. The minimum atomic E-state index is -0.477. The van der Waals surface area contributed by atoms with Crippen molar-refractivity contribution < 1.29 is 19.1 Å². The molecule has 0 spiro atoms. The molecule has 32 heavy (non-hydrogen) atoms. The first-order chi connectivity index (χ1) is 15.3. The molecule has 0 atom stereocenters.